The quantitative estimate of drug-likeness (QED) is 0.485. The lowest BCUT2D eigenvalue weighted by atomic mass is 10.1. The van der Waals surface area contributed by atoms with Gasteiger partial charge >= 0.3 is 0 Å². The second kappa shape index (κ2) is 6.92. The number of nitrogens with one attached hydrogen (secondary N) is 1. The number of aromatic amines is 1. The lowest BCUT2D eigenvalue weighted by molar-refractivity contribution is 0.533. The summed E-state index contributed by atoms with van der Waals surface area (Å²) in [5, 5.41) is 12.9. The topological polar surface area (TPSA) is 64.6 Å². The molecule has 1 N–H and O–H groups in total. The Morgan fingerprint density at radius 2 is 1.96 bits per heavy atom. The summed E-state index contributed by atoms with van der Waals surface area (Å²) >= 11 is 5.02. The van der Waals surface area contributed by atoms with Crippen LogP contribution in [0.3, 0.4) is 0 Å². The highest BCUT2D eigenvalue weighted by Crippen LogP contribution is 2.32. The number of fused-ring (bicyclic) bond motifs is 1. The van der Waals surface area contributed by atoms with E-state index >= 15 is 0 Å². The third-order valence-electron chi connectivity index (χ3n) is 4.40. The Balaban J connectivity index is 1.88. The SMILES string of the molecule is CCCn1nc(-c2cn(CCC)c3ccccc23)cc1-c1n[nH]c(=S)o1. The fourth-order valence-corrected chi connectivity index (χ4v) is 3.44. The molecule has 4 rings (SSSR count). The van der Waals surface area contributed by atoms with Crippen LogP contribution in [-0.2, 0) is 13.1 Å². The smallest absolute Gasteiger partial charge is 0.284 e. The predicted octanol–water partition coefficient (Wildman–Crippen LogP) is 5.04. The Labute approximate surface area is 156 Å². The number of hydrogen-bond acceptors (Lipinski definition) is 4. The molecule has 0 aliphatic rings. The van der Waals surface area contributed by atoms with Gasteiger partial charge in [0.05, 0.1) is 5.69 Å². The summed E-state index contributed by atoms with van der Waals surface area (Å²) in [5.41, 5.74) is 4.11. The molecular formula is C19H21N5OS. The van der Waals surface area contributed by atoms with Gasteiger partial charge < -0.3 is 8.98 Å². The van der Waals surface area contributed by atoms with E-state index in [1.54, 1.807) is 0 Å². The Bertz CT molecular complexity index is 1100. The molecule has 3 heterocycles. The Morgan fingerprint density at radius 3 is 2.69 bits per heavy atom. The lowest BCUT2D eigenvalue weighted by Gasteiger charge is -2.01. The third kappa shape index (κ3) is 2.88. The van der Waals surface area contributed by atoms with Crippen molar-refractivity contribution < 1.29 is 4.42 Å². The molecule has 7 heteroatoms. The van der Waals surface area contributed by atoms with Crippen LogP contribution in [0.5, 0.6) is 0 Å². The van der Waals surface area contributed by atoms with Crippen molar-refractivity contribution in [1.82, 2.24) is 24.5 Å². The molecule has 4 aromatic rings. The van der Waals surface area contributed by atoms with Gasteiger partial charge in [-0.3, -0.25) is 4.68 Å². The highest BCUT2D eigenvalue weighted by Gasteiger charge is 2.18. The van der Waals surface area contributed by atoms with Crippen molar-refractivity contribution in [1.29, 1.82) is 0 Å². The summed E-state index contributed by atoms with van der Waals surface area (Å²) in [7, 11) is 0. The maximum Gasteiger partial charge on any atom is 0.284 e. The van der Waals surface area contributed by atoms with Gasteiger partial charge in [-0.2, -0.15) is 5.10 Å². The molecule has 134 valence electrons. The second-order valence-corrected chi connectivity index (χ2v) is 6.68. The molecule has 0 saturated carbocycles. The number of rotatable bonds is 6. The van der Waals surface area contributed by atoms with Gasteiger partial charge in [-0.25, -0.2) is 5.10 Å². The van der Waals surface area contributed by atoms with Crippen LogP contribution in [0.2, 0.25) is 0 Å². The summed E-state index contributed by atoms with van der Waals surface area (Å²) in [5.74, 6) is 0.472. The molecule has 0 bridgehead atoms. The zero-order valence-corrected chi connectivity index (χ0v) is 15.7. The van der Waals surface area contributed by atoms with Crippen molar-refractivity contribution in [2.24, 2.45) is 0 Å². The van der Waals surface area contributed by atoms with Crippen LogP contribution in [0, 0.1) is 4.84 Å². The molecule has 3 aromatic heterocycles. The van der Waals surface area contributed by atoms with Gasteiger partial charge in [0.1, 0.15) is 5.69 Å². The number of H-pyrrole nitrogens is 1. The van der Waals surface area contributed by atoms with Gasteiger partial charge in [-0.15, -0.1) is 5.10 Å². The van der Waals surface area contributed by atoms with Crippen LogP contribution in [0.15, 0.2) is 40.9 Å². The highest BCUT2D eigenvalue weighted by molar-refractivity contribution is 7.71. The minimum absolute atomic E-state index is 0.269. The molecule has 26 heavy (non-hydrogen) atoms. The second-order valence-electron chi connectivity index (χ2n) is 6.31. The maximum absolute atomic E-state index is 5.52. The standard InChI is InChI=1S/C19H21N5OS/c1-3-9-23-12-14(13-7-5-6-8-16(13)23)15-11-17(24(22-15)10-4-2)18-20-21-19(26)25-18/h5-8,11-12H,3-4,9-10H2,1-2H3,(H,21,26). The van der Waals surface area contributed by atoms with Gasteiger partial charge in [0.2, 0.25) is 0 Å². The van der Waals surface area contributed by atoms with Crippen LogP contribution >= 0.6 is 12.2 Å². The Hall–Kier alpha value is -2.67. The molecule has 0 unspecified atom stereocenters. The average Bonchev–Trinajstić information content (AvgIpc) is 3.33. The van der Waals surface area contributed by atoms with Crippen molar-refractivity contribution >= 4 is 23.1 Å². The zero-order valence-electron chi connectivity index (χ0n) is 14.9. The van der Waals surface area contributed by atoms with Gasteiger partial charge in [0.15, 0.2) is 0 Å². The van der Waals surface area contributed by atoms with Crippen molar-refractivity contribution in [2.45, 2.75) is 39.8 Å². The summed E-state index contributed by atoms with van der Waals surface area (Å²) in [6.45, 7) is 6.08. The molecule has 0 aliphatic carbocycles. The van der Waals surface area contributed by atoms with Crippen molar-refractivity contribution in [3.05, 3.63) is 41.4 Å². The van der Waals surface area contributed by atoms with E-state index < -0.39 is 0 Å². The van der Waals surface area contributed by atoms with Crippen LogP contribution in [0.4, 0.5) is 0 Å². The highest BCUT2D eigenvalue weighted by atomic mass is 32.1. The van der Waals surface area contributed by atoms with Gasteiger partial charge in [-0.05, 0) is 37.2 Å². The average molecular weight is 367 g/mol. The minimum Gasteiger partial charge on any atom is -0.408 e. The van der Waals surface area contributed by atoms with Crippen LogP contribution in [0.25, 0.3) is 33.7 Å². The first kappa shape index (κ1) is 16.8. The first-order valence-electron chi connectivity index (χ1n) is 8.93. The normalized spacial score (nSPS) is 11.5. The Morgan fingerprint density at radius 1 is 1.15 bits per heavy atom. The number of aryl methyl sites for hydroxylation is 2. The van der Waals surface area contributed by atoms with E-state index in [2.05, 4.69) is 59.1 Å². The van der Waals surface area contributed by atoms with E-state index in [1.807, 2.05) is 10.7 Å². The molecule has 0 atom stereocenters. The number of hydrogen-bond donors (Lipinski definition) is 1. The van der Waals surface area contributed by atoms with Crippen LogP contribution < -0.4 is 0 Å². The Kier molecular flexibility index (Phi) is 4.46. The fraction of sp³-hybridized carbons (Fsp3) is 0.316. The summed E-state index contributed by atoms with van der Waals surface area (Å²) in [6, 6.07) is 10.5. The molecule has 0 saturated heterocycles. The molecule has 1 aromatic carbocycles. The first-order valence-corrected chi connectivity index (χ1v) is 9.34. The van der Waals surface area contributed by atoms with Gasteiger partial charge in [-0.1, -0.05) is 32.0 Å². The summed E-state index contributed by atoms with van der Waals surface area (Å²) < 4.78 is 9.75. The summed E-state index contributed by atoms with van der Waals surface area (Å²) in [6.07, 6.45) is 4.25. The van der Waals surface area contributed by atoms with Crippen molar-refractivity contribution in [3.63, 3.8) is 0 Å². The monoisotopic (exact) mass is 367 g/mol. The molecule has 6 nitrogen and oxygen atoms in total. The lowest BCUT2D eigenvalue weighted by Crippen LogP contribution is -2.01. The number of para-hydroxylation sites is 1. The van der Waals surface area contributed by atoms with Crippen LogP contribution in [-0.4, -0.2) is 24.5 Å². The number of benzene rings is 1. The minimum atomic E-state index is 0.269. The van der Waals surface area contributed by atoms with Crippen molar-refractivity contribution in [3.8, 4) is 22.8 Å². The third-order valence-corrected chi connectivity index (χ3v) is 4.58. The van der Waals surface area contributed by atoms with Gasteiger partial charge in [0, 0.05) is 35.8 Å². The van der Waals surface area contributed by atoms with Crippen LogP contribution in [0.1, 0.15) is 26.7 Å². The molecule has 0 aliphatic heterocycles. The molecule has 0 fully saturated rings. The number of nitrogens with zero attached hydrogens (tertiary/aromatic N) is 4. The van der Waals surface area contributed by atoms with E-state index in [-0.39, 0.29) is 4.84 Å². The maximum atomic E-state index is 5.52. The first-order chi connectivity index (χ1) is 12.7. The fourth-order valence-electron chi connectivity index (χ4n) is 3.32. The van der Waals surface area contributed by atoms with E-state index in [0.29, 0.717) is 5.89 Å². The number of aromatic nitrogens is 5. The molecule has 0 amide bonds. The van der Waals surface area contributed by atoms with E-state index in [0.717, 1.165) is 42.9 Å². The van der Waals surface area contributed by atoms with E-state index in [9.17, 15) is 0 Å². The molecule has 0 spiro atoms. The molecule has 0 radical (unpaired) electrons. The van der Waals surface area contributed by atoms with E-state index in [4.69, 9.17) is 21.7 Å². The summed E-state index contributed by atoms with van der Waals surface area (Å²) in [4.78, 5) is 0.269. The predicted molar refractivity (Wildman–Crippen MR) is 104 cm³/mol. The molecular weight excluding hydrogens is 346 g/mol. The van der Waals surface area contributed by atoms with Gasteiger partial charge in [0.25, 0.3) is 10.7 Å². The zero-order chi connectivity index (χ0) is 18.1. The van der Waals surface area contributed by atoms with E-state index in [1.165, 1.54) is 10.9 Å². The van der Waals surface area contributed by atoms with Crippen molar-refractivity contribution in [2.75, 3.05) is 0 Å². The largest absolute Gasteiger partial charge is 0.408 e.